The highest BCUT2D eigenvalue weighted by molar-refractivity contribution is 5.76. The van der Waals surface area contributed by atoms with E-state index in [4.69, 9.17) is 0 Å². The second-order valence-corrected chi connectivity index (χ2v) is 4.05. The summed E-state index contributed by atoms with van der Waals surface area (Å²) in [6.45, 7) is 6.17. The molecule has 0 aromatic heterocycles. The van der Waals surface area contributed by atoms with Gasteiger partial charge in [-0.05, 0) is 31.4 Å². The zero-order valence-electron chi connectivity index (χ0n) is 10.1. The Balaban J connectivity index is 2.36. The molecule has 2 heteroatoms. The summed E-state index contributed by atoms with van der Waals surface area (Å²) in [7, 11) is 0. The Labute approximate surface area is 98.3 Å². The van der Waals surface area contributed by atoms with E-state index in [1.165, 1.54) is 12.8 Å². The molecular weight excluding hydrogens is 198 g/mol. The van der Waals surface area contributed by atoms with Gasteiger partial charge in [-0.15, -0.1) is 0 Å². The van der Waals surface area contributed by atoms with E-state index >= 15 is 0 Å². The van der Waals surface area contributed by atoms with Crippen molar-refractivity contribution in [3.8, 4) is 0 Å². The van der Waals surface area contributed by atoms with E-state index in [0.717, 1.165) is 6.42 Å². The van der Waals surface area contributed by atoms with Crippen molar-refractivity contribution in [3.05, 3.63) is 37.1 Å². The van der Waals surface area contributed by atoms with Gasteiger partial charge in [-0.3, -0.25) is 4.79 Å². The maximum atomic E-state index is 11.4. The van der Waals surface area contributed by atoms with Gasteiger partial charge in [0, 0.05) is 13.0 Å². The van der Waals surface area contributed by atoms with Crippen LogP contribution in [0, 0.1) is 5.92 Å². The first-order valence-electron chi connectivity index (χ1n) is 6.01. The van der Waals surface area contributed by atoms with Gasteiger partial charge in [-0.2, -0.15) is 0 Å². The highest BCUT2D eigenvalue weighted by Gasteiger charge is 2.07. The summed E-state index contributed by atoms with van der Waals surface area (Å²) in [6.07, 6.45) is 14.5. The average Bonchev–Trinajstić information content (AvgIpc) is 2.35. The molecule has 1 unspecified atom stereocenters. The van der Waals surface area contributed by atoms with E-state index in [-0.39, 0.29) is 5.91 Å². The fourth-order valence-electron chi connectivity index (χ4n) is 1.84. The molecule has 2 nitrogen and oxygen atoms in total. The Morgan fingerprint density at radius 1 is 1.56 bits per heavy atom. The Morgan fingerprint density at radius 2 is 2.38 bits per heavy atom. The first-order chi connectivity index (χ1) is 7.77. The van der Waals surface area contributed by atoms with Crippen molar-refractivity contribution in [2.75, 3.05) is 6.54 Å². The SMILES string of the molecule is C=CN(CC=CC1CC=CCC1)C(=O)CC. The molecule has 0 aromatic carbocycles. The van der Waals surface area contributed by atoms with Gasteiger partial charge in [0.2, 0.25) is 5.91 Å². The van der Waals surface area contributed by atoms with Crippen LogP contribution in [0.1, 0.15) is 32.6 Å². The monoisotopic (exact) mass is 219 g/mol. The summed E-state index contributed by atoms with van der Waals surface area (Å²) >= 11 is 0. The quantitative estimate of drug-likeness (QED) is 0.650. The standard InChI is InChI=1S/C14H21NO/c1-3-14(16)15(4-2)12-8-11-13-9-6-5-7-10-13/h4-6,8,11,13H,2-3,7,9-10,12H2,1H3. The first-order valence-corrected chi connectivity index (χ1v) is 6.01. The summed E-state index contributed by atoms with van der Waals surface area (Å²) in [6, 6.07) is 0. The number of amides is 1. The molecule has 0 aliphatic heterocycles. The molecular formula is C14H21NO. The zero-order valence-corrected chi connectivity index (χ0v) is 10.1. The summed E-state index contributed by atoms with van der Waals surface area (Å²) in [4.78, 5) is 13.1. The van der Waals surface area contributed by atoms with Gasteiger partial charge in [0.1, 0.15) is 0 Å². The van der Waals surface area contributed by atoms with E-state index in [0.29, 0.717) is 18.9 Å². The van der Waals surface area contributed by atoms with E-state index in [1.54, 1.807) is 11.1 Å². The molecule has 1 aliphatic carbocycles. The minimum Gasteiger partial charge on any atom is -0.316 e. The molecule has 88 valence electrons. The highest BCUT2D eigenvalue weighted by atomic mass is 16.2. The van der Waals surface area contributed by atoms with Crippen molar-refractivity contribution in [1.82, 2.24) is 4.90 Å². The van der Waals surface area contributed by atoms with Crippen LogP contribution in [-0.4, -0.2) is 17.4 Å². The fourth-order valence-corrected chi connectivity index (χ4v) is 1.84. The third-order valence-electron chi connectivity index (χ3n) is 2.86. The molecule has 16 heavy (non-hydrogen) atoms. The van der Waals surface area contributed by atoms with Crippen molar-refractivity contribution < 1.29 is 4.79 Å². The summed E-state index contributed by atoms with van der Waals surface area (Å²) in [5.74, 6) is 0.775. The lowest BCUT2D eigenvalue weighted by atomic mass is 9.94. The predicted octanol–water partition coefficient (Wildman–Crippen LogP) is 3.28. The average molecular weight is 219 g/mol. The number of carbonyl (C=O) groups is 1. The van der Waals surface area contributed by atoms with Gasteiger partial charge in [0.15, 0.2) is 0 Å². The van der Waals surface area contributed by atoms with Gasteiger partial charge >= 0.3 is 0 Å². The van der Waals surface area contributed by atoms with Crippen LogP contribution in [0.3, 0.4) is 0 Å². The zero-order chi connectivity index (χ0) is 11.8. The summed E-state index contributed by atoms with van der Waals surface area (Å²) in [5, 5.41) is 0. The molecule has 1 amide bonds. The van der Waals surface area contributed by atoms with Crippen LogP contribution in [0.15, 0.2) is 37.1 Å². The Hall–Kier alpha value is -1.31. The first kappa shape index (κ1) is 12.8. The van der Waals surface area contributed by atoms with Gasteiger partial charge in [-0.25, -0.2) is 0 Å². The molecule has 0 aromatic rings. The number of nitrogens with zero attached hydrogens (tertiary/aromatic N) is 1. The summed E-state index contributed by atoms with van der Waals surface area (Å²) in [5.41, 5.74) is 0. The Morgan fingerprint density at radius 3 is 2.94 bits per heavy atom. The van der Waals surface area contributed by atoms with Gasteiger partial charge < -0.3 is 4.90 Å². The van der Waals surface area contributed by atoms with Gasteiger partial charge in [-0.1, -0.05) is 37.8 Å². The van der Waals surface area contributed by atoms with E-state index in [2.05, 4.69) is 30.9 Å². The summed E-state index contributed by atoms with van der Waals surface area (Å²) < 4.78 is 0. The number of rotatable bonds is 5. The molecule has 0 heterocycles. The molecule has 0 saturated heterocycles. The third kappa shape index (κ3) is 4.05. The van der Waals surface area contributed by atoms with E-state index in [9.17, 15) is 4.79 Å². The Bertz CT molecular complexity index is 291. The van der Waals surface area contributed by atoms with Crippen LogP contribution >= 0.6 is 0 Å². The molecule has 1 rings (SSSR count). The number of hydrogen-bond donors (Lipinski definition) is 0. The van der Waals surface area contributed by atoms with E-state index < -0.39 is 0 Å². The lowest BCUT2D eigenvalue weighted by molar-refractivity contribution is -0.127. The van der Waals surface area contributed by atoms with Crippen LogP contribution in [0.4, 0.5) is 0 Å². The smallest absolute Gasteiger partial charge is 0.226 e. The van der Waals surface area contributed by atoms with Gasteiger partial charge in [0.25, 0.3) is 0 Å². The second kappa shape index (κ2) is 7.04. The number of hydrogen-bond acceptors (Lipinski definition) is 1. The van der Waals surface area contributed by atoms with Crippen LogP contribution in [0.25, 0.3) is 0 Å². The van der Waals surface area contributed by atoms with Crippen LogP contribution in [-0.2, 0) is 4.79 Å². The molecule has 0 radical (unpaired) electrons. The van der Waals surface area contributed by atoms with Crippen molar-refractivity contribution in [1.29, 1.82) is 0 Å². The lowest BCUT2D eigenvalue weighted by Gasteiger charge is -2.16. The minimum absolute atomic E-state index is 0.128. The lowest BCUT2D eigenvalue weighted by Crippen LogP contribution is -2.24. The van der Waals surface area contributed by atoms with Crippen LogP contribution in [0.5, 0.6) is 0 Å². The third-order valence-corrected chi connectivity index (χ3v) is 2.86. The molecule has 0 fully saturated rings. The maximum Gasteiger partial charge on any atom is 0.226 e. The van der Waals surface area contributed by atoms with Crippen molar-refractivity contribution >= 4 is 5.91 Å². The number of allylic oxidation sites excluding steroid dienone is 3. The normalized spacial score (nSPS) is 19.9. The van der Waals surface area contributed by atoms with Crippen LogP contribution in [0.2, 0.25) is 0 Å². The predicted molar refractivity (Wildman–Crippen MR) is 67.8 cm³/mol. The van der Waals surface area contributed by atoms with E-state index in [1.807, 2.05) is 6.92 Å². The number of carbonyl (C=O) groups excluding carboxylic acids is 1. The van der Waals surface area contributed by atoms with Crippen molar-refractivity contribution in [2.45, 2.75) is 32.6 Å². The molecule has 0 spiro atoms. The molecule has 1 atom stereocenters. The van der Waals surface area contributed by atoms with Gasteiger partial charge in [0.05, 0.1) is 0 Å². The van der Waals surface area contributed by atoms with Crippen molar-refractivity contribution in [3.63, 3.8) is 0 Å². The maximum absolute atomic E-state index is 11.4. The molecule has 0 N–H and O–H groups in total. The van der Waals surface area contributed by atoms with Crippen molar-refractivity contribution in [2.24, 2.45) is 5.92 Å². The Kier molecular flexibility index (Phi) is 5.62. The molecule has 0 bridgehead atoms. The van der Waals surface area contributed by atoms with Crippen LogP contribution < -0.4 is 0 Å². The highest BCUT2D eigenvalue weighted by Crippen LogP contribution is 2.19. The largest absolute Gasteiger partial charge is 0.316 e. The molecule has 0 saturated carbocycles. The second-order valence-electron chi connectivity index (χ2n) is 4.05. The molecule has 1 aliphatic rings. The fraction of sp³-hybridized carbons (Fsp3) is 0.500. The minimum atomic E-state index is 0.128. The topological polar surface area (TPSA) is 20.3 Å².